The maximum absolute atomic E-state index is 12.5. The van der Waals surface area contributed by atoms with Crippen molar-refractivity contribution >= 4 is 46.7 Å². The van der Waals surface area contributed by atoms with Gasteiger partial charge in [-0.2, -0.15) is 0 Å². The number of nitrogens with zero attached hydrogens (tertiary/aromatic N) is 1. The van der Waals surface area contributed by atoms with Gasteiger partial charge in [-0.3, -0.25) is 4.79 Å². The summed E-state index contributed by atoms with van der Waals surface area (Å²) in [6.07, 6.45) is 2.31. The fourth-order valence-electron chi connectivity index (χ4n) is 2.77. The highest BCUT2D eigenvalue weighted by Crippen LogP contribution is 2.33. The predicted octanol–water partition coefficient (Wildman–Crippen LogP) is 4.64. The van der Waals surface area contributed by atoms with E-state index in [1.807, 2.05) is 41.8 Å². The lowest BCUT2D eigenvalue weighted by Crippen LogP contribution is -2.26. The fraction of sp³-hybridized carbons (Fsp3) is 0.182. The van der Waals surface area contributed by atoms with Gasteiger partial charge in [0.15, 0.2) is 0 Å². The Hall–Kier alpha value is -3.23. The normalized spacial score (nSPS) is 10.4. The van der Waals surface area contributed by atoms with Crippen LogP contribution in [0.2, 0.25) is 0 Å². The van der Waals surface area contributed by atoms with Crippen molar-refractivity contribution in [1.29, 1.82) is 0 Å². The maximum atomic E-state index is 12.5. The van der Waals surface area contributed by atoms with Gasteiger partial charge < -0.3 is 25.2 Å². The van der Waals surface area contributed by atoms with Crippen LogP contribution in [0.15, 0.2) is 58.9 Å². The molecule has 1 amide bonds. The number of aromatic hydroxyl groups is 1. The van der Waals surface area contributed by atoms with Crippen LogP contribution in [-0.4, -0.2) is 38.1 Å². The second-order valence-electron chi connectivity index (χ2n) is 6.28. The molecule has 0 atom stereocenters. The summed E-state index contributed by atoms with van der Waals surface area (Å²) in [4.78, 5) is 16.8. The Morgan fingerprint density at radius 2 is 1.94 bits per heavy atom. The highest BCUT2D eigenvalue weighted by molar-refractivity contribution is 7.13. The fourth-order valence-corrected chi connectivity index (χ4v) is 3.34. The number of nitrogens with one attached hydrogen (secondary N) is 2. The molecule has 0 aliphatic heterocycles. The first-order valence-electron chi connectivity index (χ1n) is 9.25. The average Bonchev–Trinajstić information content (AvgIpc) is 3.27. The van der Waals surface area contributed by atoms with E-state index in [-0.39, 0.29) is 29.5 Å². The molecule has 1 heterocycles. The van der Waals surface area contributed by atoms with E-state index in [9.17, 15) is 9.90 Å². The number of hydrogen-bond acceptors (Lipinski definition) is 6. The number of carbonyl (C=O) groups excluding carboxylic acids is 1. The highest BCUT2D eigenvalue weighted by Gasteiger charge is 2.18. The molecule has 0 radical (unpaired) electrons. The van der Waals surface area contributed by atoms with Crippen molar-refractivity contribution in [2.24, 2.45) is 4.99 Å². The standard InChI is InChI=1S/C22H23N3O4S.ClH/c1-28-17-12-18(26)21(19(13-17)29-2)22(27)23-10-9-15-5-7-16(8-6-15)24-14-25-20-4-3-11-30-20;/h3-8,11-14,26H,9-10H2,1-2H3,(H,23,27)(H,24,25);1H. The third-order valence-corrected chi connectivity index (χ3v) is 5.10. The van der Waals surface area contributed by atoms with Gasteiger partial charge in [0, 0.05) is 24.4 Å². The molecule has 0 fully saturated rings. The van der Waals surface area contributed by atoms with Crippen molar-refractivity contribution in [3.05, 3.63) is 65.0 Å². The van der Waals surface area contributed by atoms with Gasteiger partial charge in [0.2, 0.25) is 0 Å². The van der Waals surface area contributed by atoms with Crippen molar-refractivity contribution in [2.75, 3.05) is 26.1 Å². The van der Waals surface area contributed by atoms with Crippen LogP contribution in [-0.2, 0) is 6.42 Å². The summed E-state index contributed by atoms with van der Waals surface area (Å²) in [5.74, 6) is 0.0671. The van der Waals surface area contributed by atoms with Gasteiger partial charge in [0.05, 0.1) is 20.6 Å². The van der Waals surface area contributed by atoms with Crippen molar-refractivity contribution in [2.45, 2.75) is 6.42 Å². The minimum absolute atomic E-state index is 0. The van der Waals surface area contributed by atoms with Crippen LogP contribution in [0.25, 0.3) is 0 Å². The van der Waals surface area contributed by atoms with Gasteiger partial charge in [-0.15, -0.1) is 23.7 Å². The monoisotopic (exact) mass is 461 g/mol. The lowest BCUT2D eigenvalue weighted by Gasteiger charge is -2.13. The molecule has 7 nitrogen and oxygen atoms in total. The molecular weight excluding hydrogens is 438 g/mol. The molecule has 0 aliphatic carbocycles. The van der Waals surface area contributed by atoms with Crippen LogP contribution in [0.4, 0.5) is 10.7 Å². The molecule has 0 aliphatic rings. The van der Waals surface area contributed by atoms with Crippen LogP contribution in [0.1, 0.15) is 15.9 Å². The Balaban J connectivity index is 0.00000341. The molecule has 3 rings (SSSR count). The third-order valence-electron chi connectivity index (χ3n) is 4.32. The number of hydrogen-bond donors (Lipinski definition) is 3. The first-order chi connectivity index (χ1) is 14.6. The quantitative estimate of drug-likeness (QED) is 0.319. The number of rotatable bonds is 9. The zero-order valence-corrected chi connectivity index (χ0v) is 18.8. The van der Waals surface area contributed by atoms with E-state index in [1.54, 1.807) is 23.7 Å². The summed E-state index contributed by atoms with van der Waals surface area (Å²) >= 11 is 1.57. The molecule has 0 saturated carbocycles. The molecule has 31 heavy (non-hydrogen) atoms. The Labute approximate surface area is 191 Å². The number of phenolic OH excluding ortho intramolecular Hbond substituents is 1. The Morgan fingerprint density at radius 3 is 2.58 bits per heavy atom. The predicted molar refractivity (Wildman–Crippen MR) is 127 cm³/mol. The first-order valence-corrected chi connectivity index (χ1v) is 10.1. The van der Waals surface area contributed by atoms with Crippen LogP contribution >= 0.6 is 23.7 Å². The van der Waals surface area contributed by atoms with E-state index >= 15 is 0 Å². The van der Waals surface area contributed by atoms with Gasteiger partial charge in [-0.25, -0.2) is 4.99 Å². The molecule has 3 aromatic rings. The van der Waals surface area contributed by atoms with E-state index < -0.39 is 5.91 Å². The minimum atomic E-state index is -0.407. The molecule has 0 unspecified atom stereocenters. The van der Waals surface area contributed by atoms with E-state index in [0.717, 1.165) is 16.3 Å². The number of aliphatic imine (C=N–C) groups is 1. The zero-order valence-electron chi connectivity index (χ0n) is 17.1. The van der Waals surface area contributed by atoms with Crippen molar-refractivity contribution in [3.8, 4) is 17.2 Å². The average molecular weight is 462 g/mol. The van der Waals surface area contributed by atoms with Crippen molar-refractivity contribution in [1.82, 2.24) is 5.32 Å². The second-order valence-corrected chi connectivity index (χ2v) is 7.21. The maximum Gasteiger partial charge on any atom is 0.258 e. The Kier molecular flexibility index (Phi) is 9.17. The molecule has 9 heteroatoms. The summed E-state index contributed by atoms with van der Waals surface area (Å²) in [5.41, 5.74) is 2.08. The summed E-state index contributed by atoms with van der Waals surface area (Å²) in [5, 5.41) is 19.0. The number of ether oxygens (including phenoxy) is 2. The van der Waals surface area contributed by atoms with Gasteiger partial charge >= 0.3 is 0 Å². The van der Waals surface area contributed by atoms with Gasteiger partial charge in [-0.1, -0.05) is 12.1 Å². The van der Waals surface area contributed by atoms with Gasteiger partial charge in [0.25, 0.3) is 5.91 Å². The van der Waals surface area contributed by atoms with E-state index in [2.05, 4.69) is 15.6 Å². The minimum Gasteiger partial charge on any atom is -0.507 e. The lowest BCUT2D eigenvalue weighted by molar-refractivity contribution is 0.0948. The van der Waals surface area contributed by atoms with Crippen LogP contribution in [0, 0.1) is 0 Å². The van der Waals surface area contributed by atoms with Gasteiger partial charge in [0.1, 0.15) is 27.8 Å². The number of thiophene rings is 1. The molecule has 0 saturated heterocycles. The third kappa shape index (κ3) is 6.63. The lowest BCUT2D eigenvalue weighted by atomic mass is 10.1. The van der Waals surface area contributed by atoms with E-state index in [4.69, 9.17) is 9.47 Å². The summed E-state index contributed by atoms with van der Waals surface area (Å²) in [6, 6.07) is 14.7. The van der Waals surface area contributed by atoms with E-state index in [0.29, 0.717) is 18.7 Å². The number of phenols is 1. The summed E-state index contributed by atoms with van der Waals surface area (Å²) in [6.45, 7) is 0.417. The first kappa shape index (κ1) is 24.0. The SMILES string of the molecule is COc1cc(O)c(C(=O)NCCc2ccc(N/C=N/c3cccs3)cc2)c(OC)c1.Cl. The number of methoxy groups -OCH3 is 2. The zero-order chi connectivity index (χ0) is 21.3. The number of carbonyl (C=O) groups is 1. The number of halogens is 1. The molecule has 2 aromatic carbocycles. The molecule has 3 N–H and O–H groups in total. The van der Waals surface area contributed by atoms with Crippen LogP contribution < -0.4 is 20.1 Å². The smallest absolute Gasteiger partial charge is 0.258 e. The Bertz CT molecular complexity index is 1010. The van der Waals surface area contributed by atoms with Crippen LogP contribution in [0.3, 0.4) is 0 Å². The van der Waals surface area contributed by atoms with E-state index in [1.165, 1.54) is 20.3 Å². The molecule has 1 aromatic heterocycles. The number of amides is 1. The highest BCUT2D eigenvalue weighted by atomic mass is 35.5. The molecule has 0 spiro atoms. The number of anilines is 1. The van der Waals surface area contributed by atoms with Crippen molar-refractivity contribution < 1.29 is 19.4 Å². The second kappa shape index (κ2) is 11.8. The molecular formula is C22H24ClN3O4S. The number of benzene rings is 2. The van der Waals surface area contributed by atoms with Crippen molar-refractivity contribution in [3.63, 3.8) is 0 Å². The Morgan fingerprint density at radius 1 is 1.16 bits per heavy atom. The largest absolute Gasteiger partial charge is 0.507 e. The summed E-state index contributed by atoms with van der Waals surface area (Å²) in [7, 11) is 2.91. The molecule has 164 valence electrons. The van der Waals surface area contributed by atoms with Gasteiger partial charge in [-0.05, 0) is 41.6 Å². The van der Waals surface area contributed by atoms with Crippen LogP contribution in [0.5, 0.6) is 17.2 Å². The topological polar surface area (TPSA) is 92.2 Å². The summed E-state index contributed by atoms with van der Waals surface area (Å²) < 4.78 is 10.3. The molecule has 0 bridgehead atoms.